The second-order valence-electron chi connectivity index (χ2n) is 4.94. The predicted octanol–water partition coefficient (Wildman–Crippen LogP) is 1.68. The van der Waals surface area contributed by atoms with E-state index in [0.29, 0.717) is 5.65 Å². The molecule has 3 aromatic rings. The summed E-state index contributed by atoms with van der Waals surface area (Å²) in [6.07, 6.45) is 7.64. The van der Waals surface area contributed by atoms with Gasteiger partial charge in [0.1, 0.15) is 0 Å². The van der Waals surface area contributed by atoms with Crippen molar-refractivity contribution < 1.29 is 4.39 Å². The lowest BCUT2D eigenvalue weighted by molar-refractivity contribution is 0.565. The number of hydrogen-bond donors (Lipinski definition) is 0. The summed E-state index contributed by atoms with van der Waals surface area (Å²) in [4.78, 5) is 4.25. The molecule has 0 saturated heterocycles. The molecule has 6 heteroatoms. The molecule has 0 N–H and O–H groups in total. The summed E-state index contributed by atoms with van der Waals surface area (Å²) < 4.78 is 16.8. The highest BCUT2D eigenvalue weighted by Gasteiger charge is 2.29. The molecule has 0 amide bonds. The summed E-state index contributed by atoms with van der Waals surface area (Å²) in [5, 5.41) is 8.14. The van der Waals surface area contributed by atoms with Crippen LogP contribution < -0.4 is 0 Å². The predicted molar refractivity (Wildman–Crippen MR) is 66.3 cm³/mol. The number of nitrogens with zero attached hydrogens (tertiary/aromatic N) is 5. The molecule has 0 spiro atoms. The van der Waals surface area contributed by atoms with Crippen molar-refractivity contribution in [2.24, 2.45) is 7.05 Å². The zero-order chi connectivity index (χ0) is 13.0. The van der Waals surface area contributed by atoms with E-state index in [1.807, 2.05) is 25.6 Å². The van der Waals surface area contributed by atoms with Gasteiger partial charge in [0.15, 0.2) is 5.65 Å². The standard InChI is InChI=1S/C13H12FN5/c1-18-7-9(6-16-18)10-3-2-8-5-15-12-4-11(14)17-19(12)13(8)10/h4-7,10H,2-3H2,1H3. The molecule has 1 aliphatic carbocycles. The normalized spacial score (nSPS) is 18.1. The van der Waals surface area contributed by atoms with Gasteiger partial charge in [0.05, 0.1) is 11.9 Å². The molecular weight excluding hydrogens is 245 g/mol. The van der Waals surface area contributed by atoms with Gasteiger partial charge in [0.25, 0.3) is 0 Å². The van der Waals surface area contributed by atoms with E-state index in [-0.39, 0.29) is 5.92 Å². The zero-order valence-corrected chi connectivity index (χ0v) is 10.4. The van der Waals surface area contributed by atoms with E-state index in [2.05, 4.69) is 15.2 Å². The van der Waals surface area contributed by atoms with Crippen molar-refractivity contribution in [1.82, 2.24) is 24.4 Å². The fraction of sp³-hybridized carbons (Fsp3) is 0.308. The van der Waals surface area contributed by atoms with E-state index in [1.54, 1.807) is 9.20 Å². The molecule has 96 valence electrons. The first-order valence-corrected chi connectivity index (χ1v) is 6.24. The van der Waals surface area contributed by atoms with Crippen molar-refractivity contribution in [2.45, 2.75) is 18.8 Å². The van der Waals surface area contributed by atoms with Gasteiger partial charge >= 0.3 is 0 Å². The van der Waals surface area contributed by atoms with Crippen molar-refractivity contribution in [3.05, 3.63) is 47.4 Å². The second kappa shape index (κ2) is 3.63. The Morgan fingerprint density at radius 2 is 2.26 bits per heavy atom. The summed E-state index contributed by atoms with van der Waals surface area (Å²) in [6.45, 7) is 0. The van der Waals surface area contributed by atoms with Crippen molar-refractivity contribution >= 4 is 5.65 Å². The van der Waals surface area contributed by atoms with Gasteiger partial charge in [0.2, 0.25) is 5.95 Å². The molecule has 3 aromatic heterocycles. The Hall–Kier alpha value is -2.24. The minimum Gasteiger partial charge on any atom is -0.276 e. The monoisotopic (exact) mass is 257 g/mol. The van der Waals surface area contributed by atoms with Crippen LogP contribution in [-0.4, -0.2) is 24.4 Å². The van der Waals surface area contributed by atoms with Gasteiger partial charge in [-0.25, -0.2) is 9.50 Å². The minimum absolute atomic E-state index is 0.216. The summed E-state index contributed by atoms with van der Waals surface area (Å²) >= 11 is 0. The van der Waals surface area contributed by atoms with Gasteiger partial charge in [-0.3, -0.25) is 4.68 Å². The molecular formula is C13H12FN5. The third-order valence-corrected chi connectivity index (χ3v) is 3.73. The number of fused-ring (bicyclic) bond motifs is 3. The number of aromatic nitrogens is 5. The molecule has 0 fully saturated rings. The number of aryl methyl sites for hydroxylation is 2. The van der Waals surface area contributed by atoms with Crippen molar-refractivity contribution in [1.29, 1.82) is 0 Å². The van der Waals surface area contributed by atoms with Crippen molar-refractivity contribution in [3.8, 4) is 0 Å². The maximum atomic E-state index is 13.3. The summed E-state index contributed by atoms with van der Waals surface area (Å²) in [5.74, 6) is -0.272. The average molecular weight is 257 g/mol. The van der Waals surface area contributed by atoms with Crippen LogP contribution in [0, 0.1) is 5.95 Å². The van der Waals surface area contributed by atoms with Crippen LogP contribution in [0.15, 0.2) is 24.7 Å². The summed E-state index contributed by atoms with van der Waals surface area (Å²) in [7, 11) is 1.90. The highest BCUT2D eigenvalue weighted by atomic mass is 19.1. The maximum absolute atomic E-state index is 13.3. The third-order valence-electron chi connectivity index (χ3n) is 3.73. The van der Waals surface area contributed by atoms with E-state index in [9.17, 15) is 4.39 Å². The van der Waals surface area contributed by atoms with Gasteiger partial charge in [-0.2, -0.15) is 9.49 Å². The number of hydrogen-bond acceptors (Lipinski definition) is 3. The Balaban J connectivity index is 1.95. The van der Waals surface area contributed by atoms with E-state index >= 15 is 0 Å². The van der Waals surface area contributed by atoms with Gasteiger partial charge < -0.3 is 0 Å². The Labute approximate surface area is 108 Å². The van der Waals surface area contributed by atoms with Gasteiger partial charge in [-0.05, 0) is 24.0 Å². The lowest BCUT2D eigenvalue weighted by atomic mass is 10.0. The molecule has 0 aliphatic heterocycles. The average Bonchev–Trinajstić information content (AvgIpc) is 3.04. The van der Waals surface area contributed by atoms with Gasteiger partial charge in [-0.15, -0.1) is 5.10 Å². The SMILES string of the molecule is Cn1cc(C2CCc3cnc4cc(F)nn4c32)cn1. The molecule has 1 atom stereocenters. The molecule has 1 aliphatic rings. The molecule has 3 heterocycles. The van der Waals surface area contributed by atoms with Crippen LogP contribution in [0.3, 0.4) is 0 Å². The first kappa shape index (κ1) is 10.7. The molecule has 0 radical (unpaired) electrons. The Bertz CT molecular complexity index is 773. The summed E-state index contributed by atoms with van der Waals surface area (Å²) in [5.41, 5.74) is 3.89. The van der Waals surface area contributed by atoms with Crippen LogP contribution in [0.25, 0.3) is 5.65 Å². The highest BCUT2D eigenvalue weighted by Crippen LogP contribution is 2.37. The molecule has 4 rings (SSSR count). The molecule has 0 aromatic carbocycles. The lowest BCUT2D eigenvalue weighted by Crippen LogP contribution is -2.05. The lowest BCUT2D eigenvalue weighted by Gasteiger charge is -2.10. The van der Waals surface area contributed by atoms with Crippen LogP contribution in [0.4, 0.5) is 4.39 Å². The summed E-state index contributed by atoms with van der Waals surface area (Å²) in [6, 6.07) is 1.36. The molecule has 1 unspecified atom stereocenters. The van der Waals surface area contributed by atoms with Crippen LogP contribution in [0.2, 0.25) is 0 Å². The second-order valence-corrected chi connectivity index (χ2v) is 4.94. The molecule has 19 heavy (non-hydrogen) atoms. The largest absolute Gasteiger partial charge is 0.276 e. The first-order valence-electron chi connectivity index (χ1n) is 6.24. The van der Waals surface area contributed by atoms with Crippen LogP contribution in [0.1, 0.15) is 29.2 Å². The first-order chi connectivity index (χ1) is 9.22. The fourth-order valence-electron chi connectivity index (χ4n) is 2.90. The smallest absolute Gasteiger partial charge is 0.235 e. The Morgan fingerprint density at radius 3 is 3.05 bits per heavy atom. The number of rotatable bonds is 1. The maximum Gasteiger partial charge on any atom is 0.235 e. The quantitative estimate of drug-likeness (QED) is 0.666. The molecule has 5 nitrogen and oxygen atoms in total. The Kier molecular flexibility index (Phi) is 2.04. The highest BCUT2D eigenvalue weighted by molar-refractivity contribution is 5.45. The van der Waals surface area contributed by atoms with Crippen LogP contribution in [-0.2, 0) is 13.5 Å². The van der Waals surface area contributed by atoms with Crippen molar-refractivity contribution in [3.63, 3.8) is 0 Å². The topological polar surface area (TPSA) is 48.0 Å². The van der Waals surface area contributed by atoms with E-state index in [0.717, 1.165) is 29.7 Å². The zero-order valence-electron chi connectivity index (χ0n) is 10.4. The number of halogens is 1. The van der Waals surface area contributed by atoms with E-state index < -0.39 is 5.95 Å². The van der Waals surface area contributed by atoms with Gasteiger partial charge in [0, 0.05) is 31.4 Å². The van der Waals surface area contributed by atoms with E-state index in [1.165, 1.54) is 6.07 Å². The molecule has 0 saturated carbocycles. The van der Waals surface area contributed by atoms with Gasteiger partial charge in [-0.1, -0.05) is 0 Å². The fourth-order valence-corrected chi connectivity index (χ4v) is 2.90. The van der Waals surface area contributed by atoms with Crippen LogP contribution >= 0.6 is 0 Å². The van der Waals surface area contributed by atoms with Crippen molar-refractivity contribution in [2.75, 3.05) is 0 Å². The van der Waals surface area contributed by atoms with E-state index in [4.69, 9.17) is 0 Å². The van der Waals surface area contributed by atoms with Crippen LogP contribution in [0.5, 0.6) is 0 Å². The Morgan fingerprint density at radius 1 is 1.37 bits per heavy atom. The third kappa shape index (κ3) is 1.49. The molecule has 0 bridgehead atoms. The minimum atomic E-state index is -0.488.